The molecule has 1 amide bonds. The van der Waals surface area contributed by atoms with Crippen molar-refractivity contribution in [1.82, 2.24) is 15.5 Å². The highest BCUT2D eigenvalue weighted by Gasteiger charge is 2.35. The third-order valence-corrected chi connectivity index (χ3v) is 5.25. The summed E-state index contributed by atoms with van der Waals surface area (Å²) in [5, 5.41) is 6.85. The van der Waals surface area contributed by atoms with Crippen molar-refractivity contribution in [2.45, 2.75) is 39.0 Å². The van der Waals surface area contributed by atoms with E-state index < -0.39 is 0 Å². The van der Waals surface area contributed by atoms with Gasteiger partial charge < -0.3 is 20.3 Å². The van der Waals surface area contributed by atoms with Crippen molar-refractivity contribution >= 4 is 35.8 Å². The molecule has 1 heterocycles. The van der Waals surface area contributed by atoms with Crippen LogP contribution >= 0.6 is 24.0 Å². The zero-order chi connectivity index (χ0) is 16.7. The maximum absolute atomic E-state index is 11.8. The third kappa shape index (κ3) is 6.38. The molecule has 1 aliphatic carbocycles. The fourth-order valence-corrected chi connectivity index (χ4v) is 3.05. The smallest absolute Gasteiger partial charge is 0.243 e. The first kappa shape index (κ1) is 21.5. The van der Waals surface area contributed by atoms with E-state index in [0.717, 1.165) is 38.7 Å². The lowest BCUT2D eigenvalue weighted by atomic mass is 9.67. The molecule has 0 aromatic rings. The van der Waals surface area contributed by atoms with Crippen LogP contribution in [0.2, 0.25) is 0 Å². The minimum Gasteiger partial charge on any atom is -0.381 e. The van der Waals surface area contributed by atoms with Gasteiger partial charge in [-0.25, -0.2) is 4.99 Å². The molecular formula is C17H33IN4O2. The van der Waals surface area contributed by atoms with Gasteiger partial charge in [0.15, 0.2) is 5.96 Å². The Morgan fingerprint density at radius 3 is 2.58 bits per heavy atom. The lowest BCUT2D eigenvalue weighted by molar-refractivity contribution is -0.127. The van der Waals surface area contributed by atoms with Crippen LogP contribution in [0.5, 0.6) is 0 Å². The Morgan fingerprint density at radius 1 is 1.33 bits per heavy atom. The monoisotopic (exact) mass is 452 g/mol. The van der Waals surface area contributed by atoms with Gasteiger partial charge in [0, 0.05) is 39.7 Å². The van der Waals surface area contributed by atoms with E-state index in [9.17, 15) is 4.79 Å². The molecular weight excluding hydrogens is 419 g/mol. The molecule has 0 spiro atoms. The van der Waals surface area contributed by atoms with Gasteiger partial charge in [-0.15, -0.1) is 24.0 Å². The molecule has 1 aliphatic heterocycles. The number of likely N-dealkylation sites (N-methyl/N-ethyl adjacent to an activating group) is 1. The van der Waals surface area contributed by atoms with E-state index in [0.29, 0.717) is 11.3 Å². The predicted molar refractivity (Wildman–Crippen MR) is 108 cm³/mol. The van der Waals surface area contributed by atoms with Gasteiger partial charge in [-0.1, -0.05) is 13.3 Å². The lowest BCUT2D eigenvalue weighted by Gasteiger charge is -2.41. The molecule has 1 saturated carbocycles. The average molecular weight is 452 g/mol. The van der Waals surface area contributed by atoms with Crippen LogP contribution in [0.4, 0.5) is 0 Å². The Morgan fingerprint density at radius 2 is 2.08 bits per heavy atom. The molecule has 6 nitrogen and oxygen atoms in total. The van der Waals surface area contributed by atoms with E-state index in [-0.39, 0.29) is 36.4 Å². The first-order valence-corrected chi connectivity index (χ1v) is 8.85. The number of ether oxygens (including phenoxy) is 1. The molecule has 2 rings (SSSR count). The molecule has 1 atom stereocenters. The minimum atomic E-state index is 0. The number of carbonyl (C=O) groups is 1. The van der Waals surface area contributed by atoms with Crippen molar-refractivity contribution in [2.75, 3.05) is 46.9 Å². The van der Waals surface area contributed by atoms with Gasteiger partial charge in [0.25, 0.3) is 0 Å². The number of hydrogen-bond acceptors (Lipinski definition) is 3. The highest BCUT2D eigenvalue weighted by Crippen LogP contribution is 2.42. The van der Waals surface area contributed by atoms with Crippen LogP contribution in [0.15, 0.2) is 4.99 Å². The van der Waals surface area contributed by atoms with Crippen LogP contribution in [-0.2, 0) is 9.53 Å². The number of hydrogen-bond donors (Lipinski definition) is 2. The molecule has 0 aromatic heterocycles. The van der Waals surface area contributed by atoms with Crippen molar-refractivity contribution in [3.63, 3.8) is 0 Å². The molecule has 140 valence electrons. The Labute approximate surface area is 163 Å². The molecule has 7 heteroatoms. The van der Waals surface area contributed by atoms with Gasteiger partial charge in [0.05, 0.1) is 6.61 Å². The van der Waals surface area contributed by atoms with Gasteiger partial charge in [-0.2, -0.15) is 0 Å². The normalized spacial score (nSPS) is 22.3. The van der Waals surface area contributed by atoms with E-state index in [1.165, 1.54) is 25.7 Å². The molecule has 0 radical (unpaired) electrons. The van der Waals surface area contributed by atoms with E-state index in [4.69, 9.17) is 4.74 Å². The Hall–Kier alpha value is -0.570. The van der Waals surface area contributed by atoms with Gasteiger partial charge in [-0.05, 0) is 31.1 Å². The van der Waals surface area contributed by atoms with Crippen LogP contribution in [0.3, 0.4) is 0 Å². The van der Waals surface area contributed by atoms with Crippen molar-refractivity contribution < 1.29 is 9.53 Å². The maximum Gasteiger partial charge on any atom is 0.243 e. The van der Waals surface area contributed by atoms with Crippen molar-refractivity contribution in [3.05, 3.63) is 0 Å². The minimum absolute atomic E-state index is 0. The predicted octanol–water partition coefficient (Wildman–Crippen LogP) is 1.84. The standard InChI is InChI=1S/C17H32N4O2.HI/c1-4-17(7-5-8-17)13-20-16(19-11-15(22)21(2)3)18-10-14-6-9-23-12-14;/h14H,4-13H2,1-3H3,(H2,18,19,20);1H. The molecule has 2 N–H and O–H groups in total. The summed E-state index contributed by atoms with van der Waals surface area (Å²) in [7, 11) is 3.52. The average Bonchev–Trinajstić information content (AvgIpc) is 3.01. The summed E-state index contributed by atoms with van der Waals surface area (Å²) in [6.07, 6.45) is 6.19. The largest absolute Gasteiger partial charge is 0.381 e. The van der Waals surface area contributed by atoms with Gasteiger partial charge in [0.1, 0.15) is 6.54 Å². The van der Waals surface area contributed by atoms with E-state index in [2.05, 4.69) is 22.5 Å². The lowest BCUT2D eigenvalue weighted by Crippen LogP contribution is -2.47. The van der Waals surface area contributed by atoms with Crippen molar-refractivity contribution in [1.29, 1.82) is 0 Å². The topological polar surface area (TPSA) is 66.0 Å². The third-order valence-electron chi connectivity index (χ3n) is 5.25. The summed E-state index contributed by atoms with van der Waals surface area (Å²) in [5.41, 5.74) is 0.421. The summed E-state index contributed by atoms with van der Waals surface area (Å²) in [4.78, 5) is 17.8. The number of carbonyl (C=O) groups excluding carboxylic acids is 1. The quantitative estimate of drug-likeness (QED) is 0.352. The van der Waals surface area contributed by atoms with Crippen LogP contribution < -0.4 is 10.6 Å². The second-order valence-corrected chi connectivity index (χ2v) is 7.12. The zero-order valence-corrected chi connectivity index (χ0v) is 17.6. The van der Waals surface area contributed by atoms with Crippen molar-refractivity contribution in [3.8, 4) is 0 Å². The van der Waals surface area contributed by atoms with Crippen LogP contribution in [0.1, 0.15) is 39.0 Å². The zero-order valence-electron chi connectivity index (χ0n) is 15.3. The summed E-state index contributed by atoms with van der Waals surface area (Å²) >= 11 is 0. The second kappa shape index (κ2) is 10.4. The highest BCUT2D eigenvalue weighted by molar-refractivity contribution is 14.0. The maximum atomic E-state index is 11.8. The number of amides is 1. The van der Waals surface area contributed by atoms with Crippen LogP contribution in [0.25, 0.3) is 0 Å². The fraction of sp³-hybridized carbons (Fsp3) is 0.882. The van der Waals surface area contributed by atoms with E-state index >= 15 is 0 Å². The van der Waals surface area contributed by atoms with Gasteiger partial charge in [0.2, 0.25) is 5.91 Å². The first-order chi connectivity index (χ1) is 11.0. The Bertz CT molecular complexity index is 413. The SMILES string of the molecule is CCC1(CNC(=NCC(=O)N(C)C)NCC2CCOC2)CCC1.I. The number of rotatable bonds is 7. The summed E-state index contributed by atoms with van der Waals surface area (Å²) in [6, 6.07) is 0. The molecule has 0 aromatic carbocycles. The second-order valence-electron chi connectivity index (χ2n) is 7.12. The molecule has 0 bridgehead atoms. The van der Waals surface area contributed by atoms with Crippen LogP contribution in [0, 0.1) is 11.3 Å². The molecule has 1 saturated heterocycles. The van der Waals surface area contributed by atoms with E-state index in [1.807, 2.05) is 0 Å². The number of aliphatic imine (C=N–C) groups is 1. The summed E-state index contributed by atoms with van der Waals surface area (Å²) < 4.78 is 5.42. The van der Waals surface area contributed by atoms with E-state index in [1.54, 1.807) is 19.0 Å². The van der Waals surface area contributed by atoms with Gasteiger partial charge >= 0.3 is 0 Å². The Kier molecular flexibility index (Phi) is 9.33. The fourth-order valence-electron chi connectivity index (χ4n) is 3.05. The number of guanidine groups is 1. The molecule has 2 fully saturated rings. The van der Waals surface area contributed by atoms with Gasteiger partial charge in [-0.3, -0.25) is 4.79 Å². The number of halogens is 1. The molecule has 24 heavy (non-hydrogen) atoms. The van der Waals surface area contributed by atoms with Crippen molar-refractivity contribution in [2.24, 2.45) is 16.3 Å². The Balaban J connectivity index is 0.00000288. The first-order valence-electron chi connectivity index (χ1n) is 8.85. The number of nitrogens with one attached hydrogen (secondary N) is 2. The summed E-state index contributed by atoms with van der Waals surface area (Å²) in [6.45, 7) is 5.90. The highest BCUT2D eigenvalue weighted by atomic mass is 127. The molecule has 2 aliphatic rings. The molecule has 1 unspecified atom stereocenters. The van der Waals surface area contributed by atoms with Crippen LogP contribution in [-0.4, -0.2) is 63.7 Å². The number of nitrogens with zero attached hydrogens (tertiary/aromatic N) is 2. The summed E-state index contributed by atoms with van der Waals surface area (Å²) in [5.74, 6) is 1.31.